The van der Waals surface area contributed by atoms with E-state index in [4.69, 9.17) is 11.6 Å². The minimum Gasteiger partial charge on any atom is -0.349 e. The van der Waals surface area contributed by atoms with Crippen LogP contribution in [0.25, 0.3) is 0 Å². The third-order valence-electron chi connectivity index (χ3n) is 6.25. The Labute approximate surface area is 194 Å². The van der Waals surface area contributed by atoms with Crippen LogP contribution >= 0.6 is 11.6 Å². The average Bonchev–Trinajstić information content (AvgIpc) is 2.81. The van der Waals surface area contributed by atoms with Gasteiger partial charge in [0.1, 0.15) is 5.82 Å². The van der Waals surface area contributed by atoms with E-state index in [0.29, 0.717) is 13.1 Å². The fraction of sp³-hybridized carbons (Fsp3) is 0.296. The molecule has 1 amide bonds. The van der Waals surface area contributed by atoms with Crippen LogP contribution in [0.3, 0.4) is 0 Å². The van der Waals surface area contributed by atoms with Crippen molar-refractivity contribution in [3.8, 4) is 0 Å². The van der Waals surface area contributed by atoms with Crippen LogP contribution in [0, 0.1) is 11.7 Å². The van der Waals surface area contributed by atoms with Gasteiger partial charge in [-0.05, 0) is 54.2 Å². The highest BCUT2D eigenvalue weighted by molar-refractivity contribution is 6.31. The third-order valence-corrected chi connectivity index (χ3v) is 6.62. The number of nitrogens with zero attached hydrogens (tertiary/aromatic N) is 1. The average molecular weight is 451 g/mol. The smallest absolute Gasteiger partial charge is 0.224 e. The first kappa shape index (κ1) is 22.5. The maximum Gasteiger partial charge on any atom is 0.224 e. The first-order valence-corrected chi connectivity index (χ1v) is 11.4. The van der Waals surface area contributed by atoms with Gasteiger partial charge in [0.25, 0.3) is 0 Å². The fourth-order valence-corrected chi connectivity index (χ4v) is 4.71. The van der Waals surface area contributed by atoms with E-state index in [1.165, 1.54) is 12.1 Å². The standard InChI is InChI=1S/C27H28ClFN2O/c1-19(20-7-3-2-4-8-20)30-27(32)24-15-23(21-11-13-25(29)14-12-21)17-31(18-24)16-22-9-5-6-10-26(22)28/h2-14,19,23-24H,15-18H2,1H3,(H,30,32)/t19-,23+,24-/m1/s1. The van der Waals surface area contributed by atoms with Gasteiger partial charge in [-0.25, -0.2) is 4.39 Å². The lowest BCUT2D eigenvalue weighted by Gasteiger charge is -2.38. The molecule has 32 heavy (non-hydrogen) atoms. The van der Waals surface area contributed by atoms with Gasteiger partial charge < -0.3 is 5.32 Å². The molecular weight excluding hydrogens is 423 g/mol. The number of amides is 1. The van der Waals surface area contributed by atoms with E-state index >= 15 is 0 Å². The minimum atomic E-state index is -0.247. The number of halogens is 2. The van der Waals surface area contributed by atoms with E-state index in [-0.39, 0.29) is 29.6 Å². The van der Waals surface area contributed by atoms with Gasteiger partial charge in [-0.2, -0.15) is 0 Å². The molecule has 1 N–H and O–H groups in total. The van der Waals surface area contributed by atoms with E-state index in [1.807, 2.05) is 73.7 Å². The van der Waals surface area contributed by atoms with E-state index < -0.39 is 0 Å². The second-order valence-electron chi connectivity index (χ2n) is 8.61. The SMILES string of the molecule is C[C@@H](NC(=O)[C@@H]1C[C@H](c2ccc(F)cc2)CN(Cc2ccccc2Cl)C1)c1ccccc1. The third kappa shape index (κ3) is 5.56. The molecule has 3 aromatic rings. The molecule has 0 bridgehead atoms. The van der Waals surface area contributed by atoms with Crippen LogP contribution in [-0.2, 0) is 11.3 Å². The van der Waals surface area contributed by atoms with Gasteiger partial charge in [-0.3, -0.25) is 9.69 Å². The summed E-state index contributed by atoms with van der Waals surface area (Å²) >= 11 is 6.40. The molecule has 0 aromatic heterocycles. The van der Waals surface area contributed by atoms with Crippen molar-refractivity contribution in [1.29, 1.82) is 0 Å². The van der Waals surface area contributed by atoms with Crippen LogP contribution < -0.4 is 5.32 Å². The maximum absolute atomic E-state index is 13.5. The Bertz CT molecular complexity index is 1040. The summed E-state index contributed by atoms with van der Waals surface area (Å²) in [6, 6.07) is 24.4. The van der Waals surface area contributed by atoms with Gasteiger partial charge in [0.05, 0.1) is 12.0 Å². The Kier molecular flexibility index (Phi) is 7.23. The summed E-state index contributed by atoms with van der Waals surface area (Å²) < 4.78 is 13.5. The summed E-state index contributed by atoms with van der Waals surface area (Å²) in [4.78, 5) is 15.5. The van der Waals surface area contributed by atoms with E-state index in [1.54, 1.807) is 0 Å². The van der Waals surface area contributed by atoms with E-state index in [2.05, 4.69) is 10.2 Å². The molecule has 1 aliphatic heterocycles. The molecule has 1 fully saturated rings. The molecule has 3 nitrogen and oxygen atoms in total. The van der Waals surface area contributed by atoms with Crippen LogP contribution in [0.15, 0.2) is 78.9 Å². The van der Waals surface area contributed by atoms with Gasteiger partial charge in [0.2, 0.25) is 5.91 Å². The van der Waals surface area contributed by atoms with Crippen molar-refractivity contribution >= 4 is 17.5 Å². The zero-order valence-electron chi connectivity index (χ0n) is 18.2. The predicted octanol–water partition coefficient (Wildman–Crippen LogP) is 5.96. The number of carbonyl (C=O) groups is 1. The van der Waals surface area contributed by atoms with E-state index in [9.17, 15) is 9.18 Å². The van der Waals surface area contributed by atoms with Crippen LogP contribution in [0.5, 0.6) is 0 Å². The van der Waals surface area contributed by atoms with E-state index in [0.717, 1.165) is 34.7 Å². The number of carbonyl (C=O) groups excluding carboxylic acids is 1. The highest BCUT2D eigenvalue weighted by Gasteiger charge is 2.33. The molecule has 1 aliphatic rings. The Morgan fingerprint density at radius 3 is 2.44 bits per heavy atom. The second-order valence-corrected chi connectivity index (χ2v) is 9.01. The number of rotatable bonds is 6. The van der Waals surface area contributed by atoms with Crippen LogP contribution in [0.2, 0.25) is 5.02 Å². The van der Waals surface area contributed by atoms with Gasteiger partial charge in [-0.15, -0.1) is 0 Å². The normalized spacial score (nSPS) is 20.0. The molecule has 5 heteroatoms. The number of piperidine rings is 1. The predicted molar refractivity (Wildman–Crippen MR) is 127 cm³/mol. The first-order chi connectivity index (χ1) is 15.5. The Morgan fingerprint density at radius 2 is 1.72 bits per heavy atom. The fourth-order valence-electron chi connectivity index (χ4n) is 4.51. The zero-order chi connectivity index (χ0) is 22.5. The summed E-state index contributed by atoms with van der Waals surface area (Å²) in [5, 5.41) is 3.92. The van der Waals surface area contributed by atoms with Crippen LogP contribution in [0.1, 0.15) is 42.0 Å². The lowest BCUT2D eigenvalue weighted by atomic mass is 9.83. The van der Waals surface area contributed by atoms with Crippen molar-refractivity contribution in [2.24, 2.45) is 5.92 Å². The van der Waals surface area contributed by atoms with Gasteiger partial charge in [-0.1, -0.05) is 72.3 Å². The molecule has 3 aromatic carbocycles. The summed E-state index contributed by atoms with van der Waals surface area (Å²) in [6.07, 6.45) is 0.734. The maximum atomic E-state index is 13.5. The molecule has 1 saturated heterocycles. The molecular formula is C27H28ClFN2O. The lowest BCUT2D eigenvalue weighted by molar-refractivity contribution is -0.127. The molecule has 166 valence electrons. The van der Waals surface area contributed by atoms with Gasteiger partial charge in [0, 0.05) is 24.7 Å². The second kappa shape index (κ2) is 10.3. The van der Waals surface area contributed by atoms with Crippen LogP contribution in [0.4, 0.5) is 4.39 Å². The number of benzene rings is 3. The summed E-state index contributed by atoms with van der Waals surface area (Å²) in [5.41, 5.74) is 3.19. The number of nitrogens with one attached hydrogen (secondary N) is 1. The summed E-state index contributed by atoms with van der Waals surface area (Å²) in [7, 11) is 0. The summed E-state index contributed by atoms with van der Waals surface area (Å²) in [5.74, 6) is -0.206. The van der Waals surface area contributed by atoms with Crippen molar-refractivity contribution < 1.29 is 9.18 Å². The summed E-state index contributed by atoms with van der Waals surface area (Å²) in [6.45, 7) is 4.15. The molecule has 0 unspecified atom stereocenters. The molecule has 0 radical (unpaired) electrons. The van der Waals surface area contributed by atoms with Crippen molar-refractivity contribution in [3.05, 3.63) is 106 Å². The zero-order valence-corrected chi connectivity index (χ0v) is 18.9. The molecule has 0 saturated carbocycles. The van der Waals surface area contributed by atoms with Crippen molar-refractivity contribution in [1.82, 2.24) is 10.2 Å². The monoisotopic (exact) mass is 450 g/mol. The Morgan fingerprint density at radius 1 is 1.03 bits per heavy atom. The Hall–Kier alpha value is -2.69. The topological polar surface area (TPSA) is 32.3 Å². The van der Waals surface area contributed by atoms with Crippen LogP contribution in [-0.4, -0.2) is 23.9 Å². The molecule has 1 heterocycles. The van der Waals surface area contributed by atoms with Crippen molar-refractivity contribution in [3.63, 3.8) is 0 Å². The highest BCUT2D eigenvalue weighted by atomic mass is 35.5. The van der Waals surface area contributed by atoms with Gasteiger partial charge >= 0.3 is 0 Å². The molecule has 3 atom stereocenters. The van der Waals surface area contributed by atoms with Crippen molar-refractivity contribution in [2.75, 3.05) is 13.1 Å². The minimum absolute atomic E-state index is 0.0531. The van der Waals surface area contributed by atoms with Gasteiger partial charge in [0.15, 0.2) is 0 Å². The molecule has 4 rings (SSSR count). The lowest BCUT2D eigenvalue weighted by Crippen LogP contribution is -2.45. The Balaban J connectivity index is 1.52. The molecule has 0 aliphatic carbocycles. The quantitative estimate of drug-likeness (QED) is 0.502. The van der Waals surface area contributed by atoms with Crippen molar-refractivity contribution in [2.45, 2.75) is 31.8 Å². The number of likely N-dealkylation sites (tertiary alicyclic amines) is 1. The number of hydrogen-bond acceptors (Lipinski definition) is 2. The first-order valence-electron chi connectivity index (χ1n) is 11.1. The molecule has 0 spiro atoms. The highest BCUT2D eigenvalue weighted by Crippen LogP contribution is 2.32. The largest absolute Gasteiger partial charge is 0.349 e. The number of hydrogen-bond donors (Lipinski definition) is 1.